The van der Waals surface area contributed by atoms with Gasteiger partial charge < -0.3 is 19.7 Å². The molecule has 1 N–H and O–H groups in total. The first-order chi connectivity index (χ1) is 14.5. The van der Waals surface area contributed by atoms with E-state index in [2.05, 4.69) is 5.32 Å². The van der Waals surface area contributed by atoms with Crippen molar-refractivity contribution >= 4 is 11.8 Å². The summed E-state index contributed by atoms with van der Waals surface area (Å²) in [6.45, 7) is 4.69. The molecular weight excluding hydrogens is 380 g/mol. The molecular formula is C24H32N2O4. The molecule has 2 amide bonds. The summed E-state index contributed by atoms with van der Waals surface area (Å²) < 4.78 is 10.6. The maximum Gasteiger partial charge on any atom is 0.242 e. The fourth-order valence-corrected chi connectivity index (χ4v) is 3.32. The molecule has 0 heterocycles. The van der Waals surface area contributed by atoms with Crippen molar-refractivity contribution in [3.8, 4) is 11.5 Å². The third-order valence-electron chi connectivity index (χ3n) is 5.08. The van der Waals surface area contributed by atoms with E-state index in [1.54, 1.807) is 26.0 Å². The molecule has 2 rings (SSSR count). The number of carbonyl (C=O) groups is 2. The van der Waals surface area contributed by atoms with Gasteiger partial charge in [0.1, 0.15) is 6.04 Å². The van der Waals surface area contributed by atoms with Crippen molar-refractivity contribution in [3.63, 3.8) is 0 Å². The highest BCUT2D eigenvalue weighted by molar-refractivity contribution is 5.87. The number of hydrogen-bond acceptors (Lipinski definition) is 4. The van der Waals surface area contributed by atoms with Gasteiger partial charge in [0.25, 0.3) is 0 Å². The van der Waals surface area contributed by atoms with E-state index in [1.165, 1.54) is 0 Å². The van der Waals surface area contributed by atoms with Crippen LogP contribution >= 0.6 is 0 Å². The first-order valence-corrected chi connectivity index (χ1v) is 10.3. The van der Waals surface area contributed by atoms with Crippen LogP contribution in [0.15, 0.2) is 48.5 Å². The molecule has 0 saturated carbocycles. The summed E-state index contributed by atoms with van der Waals surface area (Å²) in [7, 11) is 3.18. The Kier molecular flexibility index (Phi) is 9.19. The Bertz CT molecular complexity index is 823. The second kappa shape index (κ2) is 11.9. The number of hydrogen-bond donors (Lipinski definition) is 1. The number of amides is 2. The van der Waals surface area contributed by atoms with Crippen molar-refractivity contribution in [1.29, 1.82) is 0 Å². The van der Waals surface area contributed by atoms with Gasteiger partial charge in [-0.15, -0.1) is 0 Å². The molecule has 30 heavy (non-hydrogen) atoms. The van der Waals surface area contributed by atoms with Crippen molar-refractivity contribution in [1.82, 2.24) is 10.2 Å². The van der Waals surface area contributed by atoms with Crippen molar-refractivity contribution in [2.24, 2.45) is 0 Å². The predicted octanol–water partition coefficient (Wildman–Crippen LogP) is 3.23. The highest BCUT2D eigenvalue weighted by Gasteiger charge is 2.25. The lowest BCUT2D eigenvalue weighted by molar-refractivity contribution is -0.139. The van der Waals surface area contributed by atoms with E-state index in [9.17, 15) is 9.59 Å². The normalized spacial score (nSPS) is 11.5. The van der Waals surface area contributed by atoms with E-state index in [4.69, 9.17) is 9.47 Å². The van der Waals surface area contributed by atoms with E-state index in [1.807, 2.05) is 55.5 Å². The van der Waals surface area contributed by atoms with Gasteiger partial charge in [-0.05, 0) is 49.9 Å². The fraction of sp³-hybridized carbons (Fsp3) is 0.417. The predicted molar refractivity (Wildman–Crippen MR) is 118 cm³/mol. The maximum absolute atomic E-state index is 13.1. The van der Waals surface area contributed by atoms with Gasteiger partial charge in [0.15, 0.2) is 11.5 Å². The van der Waals surface area contributed by atoms with Gasteiger partial charge in [0, 0.05) is 19.5 Å². The lowest BCUT2D eigenvalue weighted by Crippen LogP contribution is -2.48. The zero-order valence-electron chi connectivity index (χ0n) is 18.3. The number of nitrogens with zero attached hydrogens (tertiary/aromatic N) is 1. The number of benzene rings is 2. The molecule has 0 unspecified atom stereocenters. The Balaban J connectivity index is 2.08. The summed E-state index contributed by atoms with van der Waals surface area (Å²) in [6.07, 6.45) is 1.57. The molecule has 162 valence electrons. The molecule has 0 radical (unpaired) electrons. The van der Waals surface area contributed by atoms with Crippen molar-refractivity contribution in [2.75, 3.05) is 27.3 Å². The smallest absolute Gasteiger partial charge is 0.242 e. The topological polar surface area (TPSA) is 67.9 Å². The SMILES string of the molecule is CCNC(=O)[C@H](C)N(CCc1ccccc1)C(=O)CCc1ccc(OC)c(OC)c1. The van der Waals surface area contributed by atoms with Crippen LogP contribution in [0, 0.1) is 0 Å². The molecule has 2 aromatic carbocycles. The van der Waals surface area contributed by atoms with Gasteiger partial charge in [-0.25, -0.2) is 0 Å². The minimum atomic E-state index is -0.522. The Morgan fingerprint density at radius 3 is 2.30 bits per heavy atom. The van der Waals surface area contributed by atoms with Gasteiger partial charge in [-0.1, -0.05) is 36.4 Å². The van der Waals surface area contributed by atoms with E-state index in [0.717, 1.165) is 11.1 Å². The third kappa shape index (κ3) is 6.51. The summed E-state index contributed by atoms with van der Waals surface area (Å²) in [6, 6.07) is 15.1. The Morgan fingerprint density at radius 1 is 0.967 bits per heavy atom. The number of likely N-dealkylation sites (N-methyl/N-ethyl adjacent to an activating group) is 1. The number of carbonyl (C=O) groups excluding carboxylic acids is 2. The lowest BCUT2D eigenvalue weighted by Gasteiger charge is -2.28. The Morgan fingerprint density at radius 2 is 1.67 bits per heavy atom. The van der Waals surface area contributed by atoms with Crippen LogP contribution in [0.1, 0.15) is 31.4 Å². The zero-order valence-corrected chi connectivity index (χ0v) is 18.3. The van der Waals surface area contributed by atoms with Gasteiger partial charge in [-0.2, -0.15) is 0 Å². The van der Waals surface area contributed by atoms with Crippen molar-refractivity contribution < 1.29 is 19.1 Å². The van der Waals surface area contributed by atoms with E-state index in [-0.39, 0.29) is 11.8 Å². The average Bonchev–Trinajstić information content (AvgIpc) is 2.78. The summed E-state index contributed by atoms with van der Waals surface area (Å²) in [4.78, 5) is 27.1. The van der Waals surface area contributed by atoms with Crippen LogP contribution in [0.25, 0.3) is 0 Å². The van der Waals surface area contributed by atoms with Crippen LogP contribution in [0.3, 0.4) is 0 Å². The fourth-order valence-electron chi connectivity index (χ4n) is 3.32. The summed E-state index contributed by atoms with van der Waals surface area (Å²) in [5.74, 6) is 1.12. The van der Waals surface area contributed by atoms with Crippen molar-refractivity contribution in [3.05, 3.63) is 59.7 Å². The minimum absolute atomic E-state index is 0.0422. The largest absolute Gasteiger partial charge is 0.493 e. The zero-order chi connectivity index (χ0) is 21.9. The molecule has 6 nitrogen and oxygen atoms in total. The molecule has 6 heteroatoms. The molecule has 0 bridgehead atoms. The van der Waals surface area contributed by atoms with Gasteiger partial charge in [0.05, 0.1) is 14.2 Å². The second-order valence-electron chi connectivity index (χ2n) is 7.08. The second-order valence-corrected chi connectivity index (χ2v) is 7.08. The highest BCUT2D eigenvalue weighted by atomic mass is 16.5. The standard InChI is InChI=1S/C24H32N2O4/c1-5-25-24(28)18(2)26(16-15-19-9-7-6-8-10-19)23(27)14-12-20-11-13-21(29-3)22(17-20)30-4/h6-11,13,17-18H,5,12,14-16H2,1-4H3,(H,25,28)/t18-/m0/s1. The minimum Gasteiger partial charge on any atom is -0.493 e. The molecule has 0 spiro atoms. The van der Waals surface area contributed by atoms with Gasteiger partial charge in [-0.3, -0.25) is 9.59 Å². The molecule has 1 atom stereocenters. The summed E-state index contributed by atoms with van der Waals surface area (Å²) >= 11 is 0. The van der Waals surface area contributed by atoms with Crippen LogP contribution in [0.4, 0.5) is 0 Å². The molecule has 2 aromatic rings. The third-order valence-corrected chi connectivity index (χ3v) is 5.08. The van der Waals surface area contributed by atoms with E-state index >= 15 is 0 Å². The number of ether oxygens (including phenoxy) is 2. The van der Waals surface area contributed by atoms with Gasteiger partial charge >= 0.3 is 0 Å². The molecule has 0 fully saturated rings. The van der Waals surface area contributed by atoms with Crippen LogP contribution in [-0.4, -0.2) is 50.1 Å². The number of rotatable bonds is 11. The molecule has 0 aliphatic heterocycles. The summed E-state index contributed by atoms with van der Waals surface area (Å²) in [5.41, 5.74) is 2.12. The Labute approximate surface area is 179 Å². The molecule has 0 saturated heterocycles. The molecule has 0 aliphatic rings. The van der Waals surface area contributed by atoms with Crippen molar-refractivity contribution in [2.45, 2.75) is 39.2 Å². The van der Waals surface area contributed by atoms with Crippen LogP contribution < -0.4 is 14.8 Å². The number of nitrogens with one attached hydrogen (secondary N) is 1. The van der Waals surface area contributed by atoms with Crippen LogP contribution in [0.2, 0.25) is 0 Å². The van der Waals surface area contributed by atoms with Crippen LogP contribution in [0.5, 0.6) is 11.5 Å². The lowest BCUT2D eigenvalue weighted by atomic mass is 10.1. The molecule has 0 aliphatic carbocycles. The maximum atomic E-state index is 13.1. The monoisotopic (exact) mass is 412 g/mol. The van der Waals surface area contributed by atoms with Crippen LogP contribution in [-0.2, 0) is 22.4 Å². The highest BCUT2D eigenvalue weighted by Crippen LogP contribution is 2.28. The van der Waals surface area contributed by atoms with Gasteiger partial charge in [0.2, 0.25) is 11.8 Å². The number of aryl methyl sites for hydroxylation is 1. The van der Waals surface area contributed by atoms with E-state index < -0.39 is 6.04 Å². The first-order valence-electron chi connectivity index (χ1n) is 10.3. The number of methoxy groups -OCH3 is 2. The first kappa shape index (κ1) is 23.3. The van der Waals surface area contributed by atoms with E-state index in [0.29, 0.717) is 43.9 Å². The molecule has 0 aromatic heterocycles. The Hall–Kier alpha value is -3.02. The summed E-state index contributed by atoms with van der Waals surface area (Å²) in [5, 5.41) is 2.82. The quantitative estimate of drug-likeness (QED) is 0.615. The average molecular weight is 413 g/mol.